The van der Waals surface area contributed by atoms with Crippen molar-refractivity contribution in [2.45, 2.75) is 16.7 Å². The number of benzene rings is 3. The quantitative estimate of drug-likeness (QED) is 0.684. The van der Waals surface area contributed by atoms with Gasteiger partial charge in [-0.15, -0.1) is 0 Å². The predicted octanol–water partition coefficient (Wildman–Crippen LogP) is 4.57. The van der Waals surface area contributed by atoms with Gasteiger partial charge in [-0.3, -0.25) is 4.79 Å². The smallest absolute Gasteiger partial charge is 0.244 e. The molecular weight excluding hydrogens is 396 g/mol. The lowest BCUT2D eigenvalue weighted by Crippen LogP contribution is -2.33. The molecule has 7 heteroatoms. The number of rotatable bonds is 3. The van der Waals surface area contributed by atoms with Gasteiger partial charge in [-0.05, 0) is 48.9 Å². The molecular formula is C21H17ClN2O3S. The number of fused-ring (bicyclic) bond motifs is 2. The van der Waals surface area contributed by atoms with Crippen LogP contribution in [-0.4, -0.2) is 20.9 Å². The average molecular weight is 413 g/mol. The van der Waals surface area contributed by atoms with Crippen molar-refractivity contribution < 1.29 is 13.2 Å². The highest BCUT2D eigenvalue weighted by Gasteiger charge is 2.34. The zero-order valence-corrected chi connectivity index (χ0v) is 16.6. The zero-order valence-electron chi connectivity index (χ0n) is 15.0. The summed E-state index contributed by atoms with van der Waals surface area (Å²) in [4.78, 5) is 14.9. The highest BCUT2D eigenvalue weighted by Crippen LogP contribution is 2.43. The molecule has 0 aromatic heterocycles. The summed E-state index contributed by atoms with van der Waals surface area (Å²) < 4.78 is 25.9. The molecule has 1 N–H and O–H groups in total. The van der Waals surface area contributed by atoms with Crippen LogP contribution in [0.1, 0.15) is 5.56 Å². The number of anilines is 3. The molecule has 28 heavy (non-hydrogen) atoms. The van der Waals surface area contributed by atoms with Crippen LogP contribution in [0.15, 0.2) is 76.5 Å². The van der Waals surface area contributed by atoms with Crippen molar-refractivity contribution in [3.05, 3.63) is 77.3 Å². The van der Waals surface area contributed by atoms with Gasteiger partial charge in [0, 0.05) is 10.7 Å². The second-order valence-corrected chi connectivity index (χ2v) is 8.78. The van der Waals surface area contributed by atoms with Crippen LogP contribution in [0.4, 0.5) is 17.1 Å². The molecule has 0 bridgehead atoms. The van der Waals surface area contributed by atoms with Crippen LogP contribution in [0, 0.1) is 6.92 Å². The van der Waals surface area contributed by atoms with Gasteiger partial charge < -0.3 is 10.2 Å². The number of hydrogen-bond acceptors (Lipinski definition) is 4. The number of halogens is 1. The molecule has 5 nitrogen and oxygen atoms in total. The first-order valence-electron chi connectivity index (χ1n) is 8.65. The third-order valence-electron chi connectivity index (χ3n) is 4.73. The fourth-order valence-corrected chi connectivity index (χ4v) is 5.14. The van der Waals surface area contributed by atoms with Crippen LogP contribution in [0.3, 0.4) is 0 Å². The molecule has 3 aromatic carbocycles. The van der Waals surface area contributed by atoms with E-state index in [0.29, 0.717) is 22.1 Å². The standard InChI is InChI=1S/C21H17ClN2O3S/c1-14-15(22)7-6-8-16(14)23-21(25)13-24-17-9-2-4-11-19(17)28(26,27)20-12-5-3-10-18(20)24/h2-12H,13H2,1H3,(H,23,25). The molecule has 1 aliphatic rings. The van der Waals surface area contributed by atoms with Gasteiger partial charge in [0.25, 0.3) is 0 Å². The average Bonchev–Trinajstić information content (AvgIpc) is 2.69. The van der Waals surface area contributed by atoms with Crippen molar-refractivity contribution in [1.82, 2.24) is 0 Å². The molecule has 0 unspecified atom stereocenters. The summed E-state index contributed by atoms with van der Waals surface area (Å²) in [5.74, 6) is -0.269. The molecule has 0 atom stereocenters. The molecule has 1 heterocycles. The van der Waals surface area contributed by atoms with E-state index in [-0.39, 0.29) is 22.2 Å². The van der Waals surface area contributed by atoms with Crippen molar-refractivity contribution in [3.63, 3.8) is 0 Å². The van der Waals surface area contributed by atoms with Crippen molar-refractivity contribution >= 4 is 44.4 Å². The normalized spacial score (nSPS) is 14.1. The maximum absolute atomic E-state index is 13.0. The largest absolute Gasteiger partial charge is 0.330 e. The summed E-state index contributed by atoms with van der Waals surface area (Å²) in [6.07, 6.45) is 0. The summed E-state index contributed by atoms with van der Waals surface area (Å²) in [5.41, 5.74) is 2.38. The summed E-state index contributed by atoms with van der Waals surface area (Å²) in [6, 6.07) is 18.7. The Labute approximate surface area is 168 Å². The van der Waals surface area contributed by atoms with Crippen LogP contribution < -0.4 is 10.2 Å². The Hall–Kier alpha value is -2.83. The number of nitrogens with one attached hydrogen (secondary N) is 1. The maximum Gasteiger partial charge on any atom is 0.244 e. The number of para-hydroxylation sites is 2. The Balaban J connectivity index is 1.72. The second-order valence-electron chi connectivity index (χ2n) is 6.49. The van der Waals surface area contributed by atoms with E-state index < -0.39 is 9.84 Å². The molecule has 0 radical (unpaired) electrons. The predicted molar refractivity (Wildman–Crippen MR) is 110 cm³/mol. The van der Waals surface area contributed by atoms with Crippen LogP contribution in [0.2, 0.25) is 5.02 Å². The summed E-state index contributed by atoms with van der Waals surface area (Å²) in [7, 11) is -3.63. The van der Waals surface area contributed by atoms with Gasteiger partial charge in [0.05, 0.1) is 21.2 Å². The van der Waals surface area contributed by atoms with E-state index in [9.17, 15) is 13.2 Å². The zero-order chi connectivity index (χ0) is 19.9. The highest BCUT2D eigenvalue weighted by atomic mass is 35.5. The Morgan fingerprint density at radius 1 is 0.929 bits per heavy atom. The van der Waals surface area contributed by atoms with Gasteiger partial charge in [-0.25, -0.2) is 8.42 Å². The van der Waals surface area contributed by atoms with E-state index >= 15 is 0 Å². The van der Waals surface area contributed by atoms with Crippen LogP contribution in [0.25, 0.3) is 0 Å². The van der Waals surface area contributed by atoms with Gasteiger partial charge in [-0.1, -0.05) is 41.9 Å². The molecule has 1 aliphatic heterocycles. The van der Waals surface area contributed by atoms with E-state index in [1.807, 2.05) is 6.92 Å². The lowest BCUT2D eigenvalue weighted by molar-refractivity contribution is -0.114. The van der Waals surface area contributed by atoms with Crippen LogP contribution in [0.5, 0.6) is 0 Å². The second kappa shape index (κ2) is 6.96. The van der Waals surface area contributed by atoms with E-state index in [1.54, 1.807) is 71.6 Å². The third kappa shape index (κ3) is 3.04. The topological polar surface area (TPSA) is 66.5 Å². The number of nitrogens with zero attached hydrogens (tertiary/aromatic N) is 1. The molecule has 142 valence electrons. The first-order valence-corrected chi connectivity index (χ1v) is 10.5. The molecule has 0 spiro atoms. The van der Waals surface area contributed by atoms with E-state index in [1.165, 1.54) is 0 Å². The van der Waals surface area contributed by atoms with E-state index in [0.717, 1.165) is 5.56 Å². The summed E-state index contributed by atoms with van der Waals surface area (Å²) in [5, 5.41) is 3.43. The van der Waals surface area contributed by atoms with E-state index in [2.05, 4.69) is 5.32 Å². The van der Waals surface area contributed by atoms with Gasteiger partial charge >= 0.3 is 0 Å². The third-order valence-corrected chi connectivity index (χ3v) is 6.99. The lowest BCUT2D eigenvalue weighted by atomic mass is 10.2. The molecule has 4 rings (SSSR count). The fourth-order valence-electron chi connectivity index (χ4n) is 3.31. The number of carbonyl (C=O) groups is 1. The number of sulfone groups is 1. The van der Waals surface area contributed by atoms with Crippen LogP contribution in [-0.2, 0) is 14.6 Å². The van der Waals surface area contributed by atoms with Gasteiger partial charge in [-0.2, -0.15) is 0 Å². The van der Waals surface area contributed by atoms with Gasteiger partial charge in [0.2, 0.25) is 15.7 Å². The molecule has 3 aromatic rings. The summed E-state index contributed by atoms with van der Waals surface area (Å²) >= 11 is 6.13. The van der Waals surface area contributed by atoms with Crippen molar-refractivity contribution in [2.24, 2.45) is 0 Å². The van der Waals surface area contributed by atoms with Gasteiger partial charge in [0.1, 0.15) is 6.54 Å². The van der Waals surface area contributed by atoms with Crippen molar-refractivity contribution in [2.75, 3.05) is 16.8 Å². The summed E-state index contributed by atoms with van der Waals surface area (Å²) in [6.45, 7) is 1.80. The van der Waals surface area contributed by atoms with E-state index in [4.69, 9.17) is 11.6 Å². The monoisotopic (exact) mass is 412 g/mol. The number of hydrogen-bond donors (Lipinski definition) is 1. The SMILES string of the molecule is Cc1c(Cl)cccc1NC(=O)CN1c2ccccc2S(=O)(=O)c2ccccc21. The van der Waals surface area contributed by atoms with Gasteiger partial charge in [0.15, 0.2) is 0 Å². The first kappa shape index (κ1) is 18.5. The minimum Gasteiger partial charge on any atom is -0.330 e. The molecule has 0 saturated heterocycles. The Morgan fingerprint density at radius 3 is 2.11 bits per heavy atom. The van der Waals surface area contributed by atoms with Crippen molar-refractivity contribution in [1.29, 1.82) is 0 Å². The molecule has 0 saturated carbocycles. The first-order chi connectivity index (χ1) is 13.4. The molecule has 0 fully saturated rings. The number of amides is 1. The highest BCUT2D eigenvalue weighted by molar-refractivity contribution is 7.92. The molecule has 1 amide bonds. The van der Waals surface area contributed by atoms with Crippen LogP contribution >= 0.6 is 11.6 Å². The lowest BCUT2D eigenvalue weighted by Gasteiger charge is -2.32. The minimum absolute atomic E-state index is 0.0322. The minimum atomic E-state index is -3.63. The van der Waals surface area contributed by atoms with Crippen molar-refractivity contribution in [3.8, 4) is 0 Å². The molecule has 0 aliphatic carbocycles. The Bertz CT molecular complexity index is 1140. The Morgan fingerprint density at radius 2 is 1.50 bits per heavy atom. The number of carbonyl (C=O) groups excluding carboxylic acids is 1. The fraction of sp³-hybridized carbons (Fsp3) is 0.0952. The maximum atomic E-state index is 13.0. The Kier molecular flexibility index (Phi) is 4.61.